The quantitative estimate of drug-likeness (QED) is 0.476. The van der Waals surface area contributed by atoms with Gasteiger partial charge in [0.25, 0.3) is 5.91 Å². The van der Waals surface area contributed by atoms with Gasteiger partial charge in [0.2, 0.25) is 0 Å². The molecule has 2 rings (SSSR count). The molecule has 1 aromatic carbocycles. The molecule has 5 nitrogen and oxygen atoms in total. The van der Waals surface area contributed by atoms with Crippen molar-refractivity contribution in [3.63, 3.8) is 0 Å². The summed E-state index contributed by atoms with van der Waals surface area (Å²) < 4.78 is 5.29. The van der Waals surface area contributed by atoms with E-state index in [0.29, 0.717) is 22.2 Å². The minimum atomic E-state index is -0.384. The Balaban J connectivity index is 1.83. The zero-order valence-corrected chi connectivity index (χ0v) is 14.7. The molecule has 0 radical (unpaired) electrons. The number of benzene rings is 1. The highest BCUT2D eigenvalue weighted by atomic mass is 35.5. The van der Waals surface area contributed by atoms with E-state index in [1.165, 1.54) is 6.08 Å². The molecule has 0 aliphatic carbocycles. The van der Waals surface area contributed by atoms with Gasteiger partial charge in [-0.15, -0.1) is 0 Å². The molecule has 0 spiro atoms. The maximum absolute atomic E-state index is 12.1. The van der Waals surface area contributed by atoms with Crippen LogP contribution in [0.25, 0.3) is 6.08 Å². The maximum Gasteiger partial charge on any atom is 0.261 e. The zero-order chi connectivity index (χ0) is 17.4. The number of nitrogens with one attached hydrogen (secondary N) is 1. The molecule has 1 aliphatic rings. The third kappa shape index (κ3) is 5.81. The van der Waals surface area contributed by atoms with Crippen molar-refractivity contribution in [2.45, 2.75) is 6.42 Å². The maximum atomic E-state index is 12.1. The van der Waals surface area contributed by atoms with Gasteiger partial charge in [-0.3, -0.25) is 9.69 Å². The van der Waals surface area contributed by atoms with Crippen molar-refractivity contribution in [3.05, 3.63) is 39.4 Å². The molecule has 0 bridgehead atoms. The molecule has 24 heavy (non-hydrogen) atoms. The molecule has 1 fully saturated rings. The third-order valence-corrected chi connectivity index (χ3v) is 4.40. The van der Waals surface area contributed by atoms with Gasteiger partial charge in [0.15, 0.2) is 0 Å². The van der Waals surface area contributed by atoms with Crippen molar-refractivity contribution in [1.29, 1.82) is 5.26 Å². The average Bonchev–Trinajstić information content (AvgIpc) is 2.60. The second-order valence-electron chi connectivity index (χ2n) is 5.41. The van der Waals surface area contributed by atoms with Gasteiger partial charge < -0.3 is 10.1 Å². The van der Waals surface area contributed by atoms with Gasteiger partial charge in [-0.05, 0) is 36.7 Å². The SMILES string of the molecule is N#C/C(=C\c1ccc(Cl)c(Cl)c1)C(=O)NCCCN1CCOCC1. The second-order valence-corrected chi connectivity index (χ2v) is 6.22. The van der Waals surface area contributed by atoms with Gasteiger partial charge in [0, 0.05) is 19.6 Å². The third-order valence-electron chi connectivity index (χ3n) is 3.66. The summed E-state index contributed by atoms with van der Waals surface area (Å²) in [6.07, 6.45) is 2.33. The van der Waals surface area contributed by atoms with Crippen molar-refractivity contribution in [2.75, 3.05) is 39.4 Å². The summed E-state index contributed by atoms with van der Waals surface area (Å²) in [5.74, 6) is -0.384. The van der Waals surface area contributed by atoms with E-state index in [1.807, 2.05) is 6.07 Å². The first-order valence-electron chi connectivity index (χ1n) is 7.75. The number of hydrogen-bond donors (Lipinski definition) is 1. The van der Waals surface area contributed by atoms with Gasteiger partial charge in [0.1, 0.15) is 11.6 Å². The molecule has 1 aliphatic heterocycles. The Morgan fingerprint density at radius 2 is 2.08 bits per heavy atom. The molecular weight excluding hydrogens is 349 g/mol. The van der Waals surface area contributed by atoms with E-state index in [1.54, 1.807) is 18.2 Å². The molecule has 1 heterocycles. The highest BCUT2D eigenvalue weighted by Gasteiger charge is 2.11. The Bertz CT molecular complexity index is 650. The summed E-state index contributed by atoms with van der Waals surface area (Å²) in [6.45, 7) is 4.80. The molecule has 0 saturated carbocycles. The van der Waals surface area contributed by atoms with E-state index in [0.717, 1.165) is 39.3 Å². The minimum Gasteiger partial charge on any atom is -0.379 e. The first-order valence-corrected chi connectivity index (χ1v) is 8.51. The Morgan fingerprint density at radius 3 is 2.75 bits per heavy atom. The number of halogens is 2. The molecule has 1 aromatic rings. The van der Waals surface area contributed by atoms with Crippen LogP contribution in [0.5, 0.6) is 0 Å². The molecule has 7 heteroatoms. The Morgan fingerprint density at radius 1 is 1.33 bits per heavy atom. The van der Waals surface area contributed by atoms with Crippen LogP contribution in [0.1, 0.15) is 12.0 Å². The van der Waals surface area contributed by atoms with Crippen LogP contribution in [-0.2, 0) is 9.53 Å². The van der Waals surface area contributed by atoms with Crippen LogP contribution in [0.3, 0.4) is 0 Å². The topological polar surface area (TPSA) is 65.4 Å². The van der Waals surface area contributed by atoms with Crippen molar-refractivity contribution >= 4 is 35.2 Å². The van der Waals surface area contributed by atoms with Crippen LogP contribution in [0.4, 0.5) is 0 Å². The first kappa shape index (κ1) is 18.8. The van der Waals surface area contributed by atoms with Crippen LogP contribution in [-0.4, -0.2) is 50.2 Å². The summed E-state index contributed by atoms with van der Waals surface area (Å²) in [6, 6.07) is 6.87. The van der Waals surface area contributed by atoms with Gasteiger partial charge in [0.05, 0.1) is 23.3 Å². The summed E-state index contributed by atoms with van der Waals surface area (Å²) in [5, 5.41) is 12.8. The molecule has 1 N–H and O–H groups in total. The Hall–Kier alpha value is -1.58. The predicted octanol–water partition coefficient (Wildman–Crippen LogP) is 2.74. The molecular formula is C17H19Cl2N3O2. The number of nitriles is 1. The summed E-state index contributed by atoms with van der Waals surface area (Å²) >= 11 is 11.8. The lowest BCUT2D eigenvalue weighted by Crippen LogP contribution is -2.38. The van der Waals surface area contributed by atoms with E-state index in [-0.39, 0.29) is 11.5 Å². The normalized spacial score (nSPS) is 15.8. The fraction of sp³-hybridized carbons (Fsp3) is 0.412. The average molecular weight is 368 g/mol. The van der Waals surface area contributed by atoms with Crippen molar-refractivity contribution in [2.24, 2.45) is 0 Å². The fourth-order valence-electron chi connectivity index (χ4n) is 2.34. The molecule has 1 amide bonds. The second kappa shape index (κ2) is 9.65. The number of morpholine rings is 1. The van der Waals surface area contributed by atoms with Crippen LogP contribution in [0, 0.1) is 11.3 Å². The monoisotopic (exact) mass is 367 g/mol. The minimum absolute atomic E-state index is 0.0414. The van der Waals surface area contributed by atoms with Gasteiger partial charge >= 0.3 is 0 Å². The molecule has 0 unspecified atom stereocenters. The van der Waals surface area contributed by atoms with Crippen LogP contribution in [0.2, 0.25) is 10.0 Å². The van der Waals surface area contributed by atoms with Gasteiger partial charge in [-0.2, -0.15) is 5.26 Å². The molecule has 1 saturated heterocycles. The highest BCUT2D eigenvalue weighted by Crippen LogP contribution is 2.23. The van der Waals surface area contributed by atoms with Crippen LogP contribution < -0.4 is 5.32 Å². The number of carbonyl (C=O) groups excluding carboxylic acids is 1. The number of ether oxygens (including phenoxy) is 1. The number of carbonyl (C=O) groups is 1. The molecule has 128 valence electrons. The zero-order valence-electron chi connectivity index (χ0n) is 13.2. The number of rotatable bonds is 6. The first-order chi connectivity index (χ1) is 11.6. The van der Waals surface area contributed by atoms with Gasteiger partial charge in [-0.25, -0.2) is 0 Å². The van der Waals surface area contributed by atoms with E-state index in [9.17, 15) is 10.1 Å². The Labute approximate surface area is 151 Å². The van der Waals surface area contributed by atoms with Crippen LogP contribution >= 0.6 is 23.2 Å². The lowest BCUT2D eigenvalue weighted by atomic mass is 10.1. The Kier molecular flexibility index (Phi) is 7.54. The smallest absolute Gasteiger partial charge is 0.261 e. The summed E-state index contributed by atoms with van der Waals surface area (Å²) in [7, 11) is 0. The summed E-state index contributed by atoms with van der Waals surface area (Å²) in [4.78, 5) is 14.4. The molecule has 0 atom stereocenters. The fourth-order valence-corrected chi connectivity index (χ4v) is 2.65. The number of hydrogen-bond acceptors (Lipinski definition) is 4. The summed E-state index contributed by atoms with van der Waals surface area (Å²) in [5.41, 5.74) is 0.698. The van der Waals surface area contributed by atoms with Crippen molar-refractivity contribution in [1.82, 2.24) is 10.2 Å². The highest BCUT2D eigenvalue weighted by molar-refractivity contribution is 6.42. The lowest BCUT2D eigenvalue weighted by molar-refractivity contribution is -0.117. The largest absolute Gasteiger partial charge is 0.379 e. The van der Waals surface area contributed by atoms with Crippen LogP contribution in [0.15, 0.2) is 23.8 Å². The van der Waals surface area contributed by atoms with E-state index in [2.05, 4.69) is 10.2 Å². The standard InChI is InChI=1S/C17H19Cl2N3O2/c18-15-3-2-13(11-16(15)19)10-14(12-20)17(23)21-4-1-5-22-6-8-24-9-7-22/h2-3,10-11H,1,4-9H2,(H,21,23)/b14-10+. The van der Waals surface area contributed by atoms with E-state index < -0.39 is 0 Å². The van der Waals surface area contributed by atoms with Crippen molar-refractivity contribution in [3.8, 4) is 6.07 Å². The molecule has 0 aromatic heterocycles. The number of nitrogens with zero attached hydrogens (tertiary/aromatic N) is 2. The lowest BCUT2D eigenvalue weighted by Gasteiger charge is -2.26. The van der Waals surface area contributed by atoms with E-state index in [4.69, 9.17) is 27.9 Å². The number of amides is 1. The predicted molar refractivity (Wildman–Crippen MR) is 94.9 cm³/mol. The van der Waals surface area contributed by atoms with Crippen molar-refractivity contribution < 1.29 is 9.53 Å². The van der Waals surface area contributed by atoms with E-state index >= 15 is 0 Å². The van der Waals surface area contributed by atoms with Gasteiger partial charge in [-0.1, -0.05) is 29.3 Å².